The first-order valence-electron chi connectivity index (χ1n) is 7.97. The maximum Gasteiger partial charge on any atom is 0.225 e. The van der Waals surface area contributed by atoms with Gasteiger partial charge in [0.2, 0.25) is 5.91 Å². The van der Waals surface area contributed by atoms with Crippen LogP contribution in [0.25, 0.3) is 0 Å². The summed E-state index contributed by atoms with van der Waals surface area (Å²) in [4.78, 5) is 14.1. The van der Waals surface area contributed by atoms with Crippen molar-refractivity contribution in [2.24, 2.45) is 11.8 Å². The third-order valence-corrected chi connectivity index (χ3v) is 4.42. The van der Waals surface area contributed by atoms with E-state index in [1.165, 1.54) is 32.1 Å². The second kappa shape index (κ2) is 8.57. The van der Waals surface area contributed by atoms with Crippen molar-refractivity contribution in [1.29, 1.82) is 0 Å². The number of hydrogen-bond acceptors (Lipinski definition) is 2. The summed E-state index contributed by atoms with van der Waals surface area (Å²) in [7, 11) is 1.87. The number of hydrogen-bond donors (Lipinski definition) is 1. The Morgan fingerprint density at radius 1 is 1.32 bits per heavy atom. The van der Waals surface area contributed by atoms with E-state index >= 15 is 0 Å². The number of carbonyl (C=O) groups excluding carboxylic acids is 1. The summed E-state index contributed by atoms with van der Waals surface area (Å²) in [6.45, 7) is 4.69. The van der Waals surface area contributed by atoms with Gasteiger partial charge in [0.05, 0.1) is 6.10 Å². The van der Waals surface area contributed by atoms with Gasteiger partial charge in [0.1, 0.15) is 0 Å². The quantitative estimate of drug-likeness (QED) is 0.771. The lowest BCUT2D eigenvalue weighted by atomic mass is 9.79. The Morgan fingerprint density at radius 2 is 1.95 bits per heavy atom. The van der Waals surface area contributed by atoms with E-state index < -0.39 is 0 Å². The molecule has 1 amide bonds. The molecule has 3 heteroatoms. The average molecular weight is 269 g/mol. The molecule has 1 rings (SSSR count). The molecule has 3 nitrogen and oxygen atoms in total. The molecule has 0 bridgehead atoms. The zero-order valence-electron chi connectivity index (χ0n) is 12.9. The van der Waals surface area contributed by atoms with Crippen molar-refractivity contribution in [2.75, 3.05) is 13.6 Å². The molecule has 0 aromatic heterocycles. The van der Waals surface area contributed by atoms with E-state index in [2.05, 4.69) is 6.92 Å². The second-order valence-corrected chi connectivity index (χ2v) is 6.26. The lowest BCUT2D eigenvalue weighted by molar-refractivity contribution is -0.135. The first kappa shape index (κ1) is 16.5. The standard InChI is InChI=1S/C16H31NO2/c1-4-5-6-14-7-9-15(10-8-14)16(19)17(3)12-11-13(2)18/h13-15,18H,4-12H2,1-3H3. The van der Waals surface area contributed by atoms with Crippen LogP contribution < -0.4 is 0 Å². The first-order valence-corrected chi connectivity index (χ1v) is 7.97. The number of nitrogens with zero attached hydrogens (tertiary/aromatic N) is 1. The van der Waals surface area contributed by atoms with E-state index in [1.807, 2.05) is 11.9 Å². The van der Waals surface area contributed by atoms with Crippen LogP contribution in [0.3, 0.4) is 0 Å². The van der Waals surface area contributed by atoms with Gasteiger partial charge in [-0.1, -0.05) is 26.2 Å². The van der Waals surface area contributed by atoms with Crippen LogP contribution in [0.15, 0.2) is 0 Å². The number of aliphatic hydroxyl groups excluding tert-OH is 1. The molecular formula is C16H31NO2. The molecule has 1 unspecified atom stereocenters. The van der Waals surface area contributed by atoms with Gasteiger partial charge < -0.3 is 10.0 Å². The van der Waals surface area contributed by atoms with Crippen molar-refractivity contribution >= 4 is 5.91 Å². The molecule has 1 N–H and O–H groups in total. The third-order valence-electron chi connectivity index (χ3n) is 4.42. The summed E-state index contributed by atoms with van der Waals surface area (Å²) < 4.78 is 0. The van der Waals surface area contributed by atoms with Crippen molar-refractivity contribution in [3.8, 4) is 0 Å². The summed E-state index contributed by atoms with van der Waals surface area (Å²) in [5.74, 6) is 1.37. The van der Waals surface area contributed by atoms with Crippen molar-refractivity contribution in [2.45, 2.75) is 71.3 Å². The summed E-state index contributed by atoms with van der Waals surface area (Å²) in [5.41, 5.74) is 0. The molecule has 0 aromatic carbocycles. The molecule has 19 heavy (non-hydrogen) atoms. The lowest BCUT2D eigenvalue weighted by Crippen LogP contribution is -2.36. The molecular weight excluding hydrogens is 238 g/mol. The number of rotatable bonds is 7. The van der Waals surface area contributed by atoms with Crippen molar-refractivity contribution in [3.63, 3.8) is 0 Å². The largest absolute Gasteiger partial charge is 0.393 e. The molecule has 0 radical (unpaired) electrons. The highest BCUT2D eigenvalue weighted by molar-refractivity contribution is 5.78. The minimum absolute atomic E-state index is 0.233. The average Bonchev–Trinajstić information content (AvgIpc) is 2.42. The molecule has 1 fully saturated rings. The number of unbranched alkanes of at least 4 members (excludes halogenated alkanes) is 1. The smallest absolute Gasteiger partial charge is 0.225 e. The van der Waals surface area contributed by atoms with Gasteiger partial charge >= 0.3 is 0 Å². The monoisotopic (exact) mass is 269 g/mol. The van der Waals surface area contributed by atoms with Gasteiger partial charge in [0.25, 0.3) is 0 Å². The molecule has 0 aromatic rings. The minimum Gasteiger partial charge on any atom is -0.393 e. The number of amides is 1. The zero-order chi connectivity index (χ0) is 14.3. The summed E-state index contributed by atoms with van der Waals surface area (Å²) >= 11 is 0. The van der Waals surface area contributed by atoms with Crippen LogP contribution in [0.5, 0.6) is 0 Å². The summed E-state index contributed by atoms with van der Waals surface area (Å²) in [6, 6.07) is 0. The number of aliphatic hydroxyl groups is 1. The Kier molecular flexibility index (Phi) is 7.44. The highest BCUT2D eigenvalue weighted by Crippen LogP contribution is 2.32. The SMILES string of the molecule is CCCCC1CCC(C(=O)N(C)CCC(C)O)CC1. The second-order valence-electron chi connectivity index (χ2n) is 6.26. The molecule has 0 saturated heterocycles. The molecule has 1 aliphatic rings. The van der Waals surface area contributed by atoms with Crippen molar-refractivity contribution in [1.82, 2.24) is 4.90 Å². The Hall–Kier alpha value is -0.570. The highest BCUT2D eigenvalue weighted by Gasteiger charge is 2.27. The predicted octanol–water partition coefficient (Wildman–Crippen LogP) is 3.21. The Bertz CT molecular complexity index is 257. The third kappa shape index (κ3) is 5.94. The van der Waals surface area contributed by atoms with E-state index in [0.29, 0.717) is 13.0 Å². The fraction of sp³-hybridized carbons (Fsp3) is 0.938. The van der Waals surface area contributed by atoms with E-state index in [0.717, 1.165) is 18.8 Å². The van der Waals surface area contributed by atoms with Crippen LogP contribution in [0.4, 0.5) is 0 Å². The normalized spacial score (nSPS) is 25.1. The van der Waals surface area contributed by atoms with Crippen LogP contribution in [0.1, 0.15) is 65.2 Å². The maximum absolute atomic E-state index is 12.3. The fourth-order valence-corrected chi connectivity index (χ4v) is 2.99. The predicted molar refractivity (Wildman–Crippen MR) is 78.9 cm³/mol. The first-order chi connectivity index (χ1) is 9.04. The molecule has 1 saturated carbocycles. The van der Waals surface area contributed by atoms with Gasteiger partial charge in [0.15, 0.2) is 0 Å². The number of carbonyl (C=O) groups is 1. The Morgan fingerprint density at radius 3 is 2.47 bits per heavy atom. The van der Waals surface area contributed by atoms with Gasteiger partial charge in [-0.25, -0.2) is 0 Å². The van der Waals surface area contributed by atoms with Gasteiger partial charge in [0, 0.05) is 19.5 Å². The van der Waals surface area contributed by atoms with E-state index in [4.69, 9.17) is 0 Å². The van der Waals surface area contributed by atoms with Crippen molar-refractivity contribution < 1.29 is 9.90 Å². The van der Waals surface area contributed by atoms with Crippen LogP contribution in [0.2, 0.25) is 0 Å². The van der Waals surface area contributed by atoms with Gasteiger partial charge in [-0.15, -0.1) is 0 Å². The maximum atomic E-state index is 12.3. The van der Waals surface area contributed by atoms with Gasteiger partial charge in [-0.05, 0) is 44.9 Å². The lowest BCUT2D eigenvalue weighted by Gasteiger charge is -2.30. The van der Waals surface area contributed by atoms with E-state index in [9.17, 15) is 9.90 Å². The molecule has 0 aliphatic heterocycles. The van der Waals surface area contributed by atoms with E-state index in [-0.39, 0.29) is 17.9 Å². The fourth-order valence-electron chi connectivity index (χ4n) is 2.99. The van der Waals surface area contributed by atoms with Crippen LogP contribution in [0, 0.1) is 11.8 Å². The van der Waals surface area contributed by atoms with Crippen LogP contribution in [-0.4, -0.2) is 35.6 Å². The zero-order valence-corrected chi connectivity index (χ0v) is 12.9. The van der Waals surface area contributed by atoms with Crippen molar-refractivity contribution in [3.05, 3.63) is 0 Å². The molecule has 1 atom stereocenters. The van der Waals surface area contributed by atoms with Crippen LogP contribution in [-0.2, 0) is 4.79 Å². The van der Waals surface area contributed by atoms with Crippen LogP contribution >= 0.6 is 0 Å². The minimum atomic E-state index is -0.319. The molecule has 0 spiro atoms. The Labute approximate surface area is 118 Å². The summed E-state index contributed by atoms with van der Waals surface area (Å²) in [5, 5.41) is 9.27. The summed E-state index contributed by atoms with van der Waals surface area (Å²) in [6.07, 6.45) is 8.88. The molecule has 112 valence electrons. The van der Waals surface area contributed by atoms with Gasteiger partial charge in [-0.3, -0.25) is 4.79 Å². The Balaban J connectivity index is 2.27. The topological polar surface area (TPSA) is 40.5 Å². The van der Waals surface area contributed by atoms with E-state index in [1.54, 1.807) is 6.92 Å². The molecule has 0 heterocycles. The van der Waals surface area contributed by atoms with Gasteiger partial charge in [-0.2, -0.15) is 0 Å². The highest BCUT2D eigenvalue weighted by atomic mass is 16.3. The molecule has 1 aliphatic carbocycles.